The molecule has 0 aromatic heterocycles. The molecule has 0 spiro atoms. The Kier molecular flexibility index (Phi) is 5.69. The molecular formula is C17H21NO4. The average molecular weight is 303 g/mol. The fraction of sp³-hybridized carbons (Fsp3) is 0.471. The van der Waals surface area contributed by atoms with Gasteiger partial charge < -0.3 is 9.47 Å². The lowest BCUT2D eigenvalue weighted by molar-refractivity contribution is -0.149. The molecule has 1 aliphatic heterocycles. The number of aliphatic imine (C=N–C) groups is 1. The molecular weight excluding hydrogens is 282 g/mol. The fourth-order valence-corrected chi connectivity index (χ4v) is 2.40. The maximum atomic E-state index is 11.9. The van der Waals surface area contributed by atoms with E-state index in [-0.39, 0.29) is 11.9 Å². The Hall–Kier alpha value is -2.17. The maximum absolute atomic E-state index is 11.9. The number of hydrogen-bond acceptors (Lipinski definition) is 5. The largest absolute Gasteiger partial charge is 0.464 e. The molecule has 0 saturated heterocycles. The molecule has 1 heterocycles. The minimum atomic E-state index is -0.602. The van der Waals surface area contributed by atoms with Crippen LogP contribution in [0.1, 0.15) is 38.7 Å². The molecule has 22 heavy (non-hydrogen) atoms. The van der Waals surface area contributed by atoms with E-state index in [0.717, 1.165) is 12.0 Å². The quantitative estimate of drug-likeness (QED) is 0.757. The van der Waals surface area contributed by atoms with Crippen molar-refractivity contribution in [2.45, 2.75) is 45.3 Å². The zero-order valence-corrected chi connectivity index (χ0v) is 13.0. The highest BCUT2D eigenvalue weighted by atomic mass is 16.5. The highest BCUT2D eigenvalue weighted by Crippen LogP contribution is 2.23. The molecule has 2 atom stereocenters. The van der Waals surface area contributed by atoms with Crippen LogP contribution in [0.15, 0.2) is 35.3 Å². The van der Waals surface area contributed by atoms with E-state index in [1.165, 1.54) is 0 Å². The van der Waals surface area contributed by atoms with Crippen molar-refractivity contribution in [1.82, 2.24) is 0 Å². The van der Waals surface area contributed by atoms with Crippen LogP contribution < -0.4 is 0 Å². The summed E-state index contributed by atoms with van der Waals surface area (Å²) in [5, 5.41) is 0. The smallest absolute Gasteiger partial charge is 0.331 e. The highest BCUT2D eigenvalue weighted by molar-refractivity contribution is 6.07. The zero-order valence-electron chi connectivity index (χ0n) is 13.0. The van der Waals surface area contributed by atoms with Gasteiger partial charge in [0.25, 0.3) is 0 Å². The summed E-state index contributed by atoms with van der Waals surface area (Å²) in [6.45, 7) is 3.99. The van der Waals surface area contributed by atoms with Crippen LogP contribution in [-0.4, -0.2) is 36.4 Å². The molecule has 0 N–H and O–H groups in total. The minimum absolute atomic E-state index is 0.263. The number of hydrogen-bond donors (Lipinski definition) is 0. The van der Waals surface area contributed by atoms with Crippen molar-refractivity contribution in [1.29, 1.82) is 0 Å². The zero-order chi connectivity index (χ0) is 15.9. The van der Waals surface area contributed by atoms with Crippen molar-refractivity contribution >= 4 is 17.7 Å². The van der Waals surface area contributed by atoms with E-state index in [2.05, 4.69) is 4.99 Å². The van der Waals surface area contributed by atoms with Crippen LogP contribution in [0, 0.1) is 0 Å². The first kappa shape index (κ1) is 16.2. The van der Waals surface area contributed by atoms with E-state index < -0.39 is 12.1 Å². The summed E-state index contributed by atoms with van der Waals surface area (Å²) in [6, 6.07) is 8.87. The number of benzene rings is 1. The molecule has 1 aromatic carbocycles. The van der Waals surface area contributed by atoms with Gasteiger partial charge in [-0.1, -0.05) is 37.3 Å². The Morgan fingerprint density at radius 3 is 2.59 bits per heavy atom. The van der Waals surface area contributed by atoms with Gasteiger partial charge in [-0.3, -0.25) is 9.79 Å². The lowest BCUT2D eigenvalue weighted by atomic mass is 10.0. The lowest BCUT2D eigenvalue weighted by Crippen LogP contribution is -2.27. The van der Waals surface area contributed by atoms with Crippen LogP contribution in [-0.2, 0) is 19.1 Å². The number of carbonyl (C=O) groups excluding carboxylic acids is 2. The first-order valence-corrected chi connectivity index (χ1v) is 7.64. The van der Waals surface area contributed by atoms with Gasteiger partial charge in [-0.15, -0.1) is 0 Å². The molecule has 0 fully saturated rings. The molecule has 0 unspecified atom stereocenters. The first-order valence-electron chi connectivity index (χ1n) is 7.64. The molecule has 118 valence electrons. The van der Waals surface area contributed by atoms with Crippen molar-refractivity contribution in [2.75, 3.05) is 6.61 Å². The fourth-order valence-electron chi connectivity index (χ4n) is 2.40. The number of rotatable bonds is 6. The van der Waals surface area contributed by atoms with Crippen LogP contribution >= 0.6 is 0 Å². The standard InChI is InChI=1S/C17H21NO4/c1-3-8-15(19)22-14-11-13(17(20)21-4-2)18-16(14)12-9-6-5-7-10-12/h5-7,9-10,13-14H,3-4,8,11H2,1-2H3/t13-,14-/m0/s1. The van der Waals surface area contributed by atoms with E-state index in [1.54, 1.807) is 6.92 Å². The van der Waals surface area contributed by atoms with Crippen LogP contribution in [0.4, 0.5) is 0 Å². The summed E-state index contributed by atoms with van der Waals surface area (Å²) in [4.78, 5) is 28.1. The van der Waals surface area contributed by atoms with Gasteiger partial charge in [0.2, 0.25) is 0 Å². The predicted octanol–water partition coefficient (Wildman–Crippen LogP) is 2.52. The van der Waals surface area contributed by atoms with E-state index in [1.807, 2.05) is 37.3 Å². The first-order chi connectivity index (χ1) is 10.7. The second-order valence-electron chi connectivity index (χ2n) is 5.11. The van der Waals surface area contributed by atoms with Crippen LogP contribution in [0.25, 0.3) is 0 Å². The molecule has 0 amide bonds. The van der Waals surface area contributed by atoms with Gasteiger partial charge >= 0.3 is 11.9 Å². The molecule has 2 rings (SSSR count). The Bertz CT molecular complexity index is 553. The predicted molar refractivity (Wildman–Crippen MR) is 82.8 cm³/mol. The van der Waals surface area contributed by atoms with Gasteiger partial charge in [-0.05, 0) is 18.9 Å². The van der Waals surface area contributed by atoms with Crippen LogP contribution in [0.2, 0.25) is 0 Å². The number of carbonyl (C=O) groups is 2. The molecule has 5 heteroatoms. The van der Waals surface area contributed by atoms with Gasteiger partial charge in [-0.2, -0.15) is 0 Å². The van der Waals surface area contributed by atoms with Crippen LogP contribution in [0.5, 0.6) is 0 Å². The van der Waals surface area contributed by atoms with Crippen molar-refractivity contribution in [3.05, 3.63) is 35.9 Å². The third-order valence-electron chi connectivity index (χ3n) is 3.39. The van der Waals surface area contributed by atoms with E-state index in [9.17, 15) is 9.59 Å². The maximum Gasteiger partial charge on any atom is 0.331 e. The Balaban J connectivity index is 2.19. The summed E-state index contributed by atoms with van der Waals surface area (Å²) in [5.41, 5.74) is 1.51. The van der Waals surface area contributed by atoms with Gasteiger partial charge in [-0.25, -0.2) is 4.79 Å². The highest BCUT2D eigenvalue weighted by Gasteiger charge is 2.36. The monoisotopic (exact) mass is 303 g/mol. The van der Waals surface area contributed by atoms with Gasteiger partial charge in [0.05, 0.1) is 12.3 Å². The molecule has 0 saturated carbocycles. The van der Waals surface area contributed by atoms with E-state index in [0.29, 0.717) is 25.2 Å². The average Bonchev–Trinajstić information content (AvgIpc) is 2.92. The SMILES string of the molecule is CCCC(=O)O[C@H]1C[C@@H](C(=O)OCC)N=C1c1ccccc1. The normalized spacial score (nSPS) is 20.4. The van der Waals surface area contributed by atoms with Crippen molar-refractivity contribution < 1.29 is 19.1 Å². The van der Waals surface area contributed by atoms with Gasteiger partial charge in [0.1, 0.15) is 6.10 Å². The Morgan fingerprint density at radius 1 is 1.23 bits per heavy atom. The molecule has 1 aliphatic rings. The number of esters is 2. The summed E-state index contributed by atoms with van der Waals surface area (Å²) >= 11 is 0. The molecule has 0 radical (unpaired) electrons. The summed E-state index contributed by atoms with van der Waals surface area (Å²) in [6.07, 6.45) is 0.946. The topological polar surface area (TPSA) is 65.0 Å². The van der Waals surface area contributed by atoms with Crippen molar-refractivity contribution in [2.24, 2.45) is 4.99 Å². The molecule has 1 aromatic rings. The minimum Gasteiger partial charge on any atom is -0.464 e. The number of nitrogens with zero attached hydrogens (tertiary/aromatic N) is 1. The van der Waals surface area contributed by atoms with Gasteiger partial charge in [0, 0.05) is 12.8 Å². The Morgan fingerprint density at radius 2 is 1.95 bits per heavy atom. The molecule has 0 aliphatic carbocycles. The van der Waals surface area contributed by atoms with Gasteiger partial charge in [0.15, 0.2) is 6.04 Å². The summed E-state index contributed by atoms with van der Waals surface area (Å²) in [5.74, 6) is -0.634. The summed E-state index contributed by atoms with van der Waals surface area (Å²) in [7, 11) is 0. The lowest BCUT2D eigenvalue weighted by Gasteiger charge is -2.15. The third kappa shape index (κ3) is 3.93. The third-order valence-corrected chi connectivity index (χ3v) is 3.39. The second kappa shape index (κ2) is 7.73. The van der Waals surface area contributed by atoms with E-state index >= 15 is 0 Å². The van der Waals surface area contributed by atoms with Crippen molar-refractivity contribution in [3.8, 4) is 0 Å². The van der Waals surface area contributed by atoms with Crippen LogP contribution in [0.3, 0.4) is 0 Å². The summed E-state index contributed by atoms with van der Waals surface area (Å²) < 4.78 is 10.5. The Labute approximate surface area is 130 Å². The molecule has 5 nitrogen and oxygen atoms in total. The second-order valence-corrected chi connectivity index (χ2v) is 5.11. The number of ether oxygens (including phenoxy) is 2. The van der Waals surface area contributed by atoms with Crippen molar-refractivity contribution in [3.63, 3.8) is 0 Å². The molecule has 0 bridgehead atoms. The van der Waals surface area contributed by atoms with E-state index in [4.69, 9.17) is 9.47 Å².